The zero-order valence-electron chi connectivity index (χ0n) is 47.5. The normalized spacial score (nSPS) is 28.2. The van der Waals surface area contributed by atoms with E-state index in [1.165, 1.54) is 29.2 Å². The van der Waals surface area contributed by atoms with E-state index in [4.69, 9.17) is 19.2 Å². The molecule has 0 radical (unpaired) electrons. The summed E-state index contributed by atoms with van der Waals surface area (Å²) < 4.78 is 19.3. The first-order valence-corrected chi connectivity index (χ1v) is 29.3. The molecule has 2 bridgehead atoms. The molecule has 1 amide bonds. The Labute approximate surface area is 468 Å². The largest absolute Gasteiger partial charge is 0.458 e. The van der Waals surface area contributed by atoms with E-state index in [9.17, 15) is 33.9 Å². The maximum absolute atomic E-state index is 14.0. The minimum Gasteiger partial charge on any atom is -0.458 e. The lowest BCUT2D eigenvalue weighted by Gasteiger charge is -2.55. The van der Waals surface area contributed by atoms with Crippen molar-refractivity contribution in [2.75, 3.05) is 52.2 Å². The van der Waals surface area contributed by atoms with Crippen LogP contribution in [-0.2, 0) is 53.9 Å². The molecule has 422 valence electrons. The minimum atomic E-state index is -1.91. The van der Waals surface area contributed by atoms with Crippen LogP contribution in [-0.4, -0.2) is 124 Å². The first-order valence-electron chi connectivity index (χ1n) is 29.3. The van der Waals surface area contributed by atoms with Crippen LogP contribution in [0.1, 0.15) is 145 Å². The lowest BCUT2D eigenvalue weighted by molar-refractivity contribution is -0.182. The summed E-state index contributed by atoms with van der Waals surface area (Å²) in [5, 5.41) is 12.2. The van der Waals surface area contributed by atoms with E-state index in [-0.39, 0.29) is 83.8 Å². The zero-order chi connectivity index (χ0) is 56.2. The number of amides is 1. The Balaban J connectivity index is 0.647. The van der Waals surface area contributed by atoms with Crippen molar-refractivity contribution in [3.63, 3.8) is 0 Å². The van der Waals surface area contributed by atoms with E-state index < -0.39 is 28.6 Å². The quantitative estimate of drug-likeness (QED) is 0.0775. The van der Waals surface area contributed by atoms with Crippen molar-refractivity contribution in [3.8, 4) is 17.1 Å². The molecule has 0 spiro atoms. The highest BCUT2D eigenvalue weighted by Crippen LogP contribution is 2.68. The molecular formula is C64H76N6O10. The summed E-state index contributed by atoms with van der Waals surface area (Å²) in [5.41, 5.74) is 6.57. The predicted molar refractivity (Wildman–Crippen MR) is 302 cm³/mol. The van der Waals surface area contributed by atoms with Gasteiger partial charge in [0.1, 0.15) is 12.4 Å². The lowest BCUT2D eigenvalue weighted by atomic mass is 9.50. The van der Waals surface area contributed by atoms with E-state index in [1.807, 2.05) is 48.2 Å². The SMILES string of the molecule is CC[C@@]1(O)C(=O)OCc2c1cc1n(c2=O)Cc2cc3c(CN(C)C)c(OC(=O)N4C5CC4CN(CCCCCCN(C)c4ccc([C@H]6C[C@@]7(C)[C@@H](CC[C@]7(OC(C)=O)C(C)=O)[C@@H]7CCC8=CC(=O)CCC8=C76)cc4)C5)ccc3nc2-1. The van der Waals surface area contributed by atoms with Gasteiger partial charge in [0.15, 0.2) is 22.8 Å². The van der Waals surface area contributed by atoms with Crippen LogP contribution in [0.5, 0.6) is 5.75 Å². The van der Waals surface area contributed by atoms with Crippen molar-refractivity contribution in [2.45, 2.75) is 160 Å². The number of aromatic nitrogens is 2. The second-order valence-electron chi connectivity index (χ2n) is 25.0. The number of ketones is 2. The Hall–Kier alpha value is -6.49. The molecule has 13 rings (SSSR count). The van der Waals surface area contributed by atoms with Crippen LogP contribution in [0.3, 0.4) is 0 Å². The van der Waals surface area contributed by atoms with Crippen LogP contribution in [0.2, 0.25) is 0 Å². The number of esters is 2. The number of pyridine rings is 2. The first kappa shape index (κ1) is 54.1. The molecule has 8 atom stereocenters. The summed E-state index contributed by atoms with van der Waals surface area (Å²) in [6, 6.07) is 16.6. The highest BCUT2D eigenvalue weighted by molar-refractivity contribution is 5.94. The summed E-state index contributed by atoms with van der Waals surface area (Å²) in [6.45, 7) is 11.1. The van der Waals surface area contributed by atoms with Crippen molar-refractivity contribution in [1.29, 1.82) is 0 Å². The maximum Gasteiger partial charge on any atom is 0.415 e. The molecule has 3 saturated heterocycles. The third-order valence-corrected chi connectivity index (χ3v) is 20.1. The van der Waals surface area contributed by atoms with E-state index in [2.05, 4.69) is 48.0 Å². The fraction of sp³-hybridized carbons (Fsp3) is 0.547. The third kappa shape index (κ3) is 8.84. The van der Waals surface area contributed by atoms with Crippen LogP contribution in [0.25, 0.3) is 22.3 Å². The average molecular weight is 1090 g/mol. The number of Topliss-reactive ketones (excluding diaryl/α,β-unsaturated/α-hetero) is 1. The van der Waals surface area contributed by atoms with Gasteiger partial charge in [-0.2, -0.15) is 0 Å². The summed E-state index contributed by atoms with van der Waals surface area (Å²) in [7, 11) is 6.09. The minimum absolute atomic E-state index is 0.0578. The monoisotopic (exact) mass is 1090 g/mol. The molecule has 2 saturated carbocycles. The molecule has 16 nitrogen and oxygen atoms in total. The highest BCUT2D eigenvalue weighted by atomic mass is 16.6. The number of rotatable bonds is 15. The lowest BCUT2D eigenvalue weighted by Crippen LogP contribution is -2.70. The number of cyclic esters (lactones) is 1. The molecule has 2 unspecified atom stereocenters. The summed E-state index contributed by atoms with van der Waals surface area (Å²) in [4.78, 5) is 93.2. The smallest absolute Gasteiger partial charge is 0.415 e. The molecule has 1 N–H and O–H groups in total. The van der Waals surface area contributed by atoms with E-state index in [1.54, 1.807) is 24.5 Å². The van der Waals surface area contributed by atoms with Crippen molar-refractivity contribution in [3.05, 3.63) is 109 Å². The molecule has 80 heavy (non-hydrogen) atoms. The molecule has 5 aliphatic heterocycles. The van der Waals surface area contributed by atoms with Crippen LogP contribution < -0.4 is 15.2 Å². The third-order valence-electron chi connectivity index (χ3n) is 20.1. The number of anilines is 1. The van der Waals surface area contributed by atoms with Gasteiger partial charge in [0.05, 0.1) is 41.1 Å². The summed E-state index contributed by atoms with van der Waals surface area (Å²) in [5.74, 6) is 0.0337. The second kappa shape index (κ2) is 20.5. The van der Waals surface area contributed by atoms with Gasteiger partial charge in [0.2, 0.25) is 0 Å². The number of ether oxygens (including phenoxy) is 3. The fourth-order valence-corrected chi connectivity index (χ4v) is 16.1. The highest BCUT2D eigenvalue weighted by Gasteiger charge is 2.67. The topological polar surface area (TPSA) is 181 Å². The molecule has 4 aromatic rings. The van der Waals surface area contributed by atoms with Crippen molar-refractivity contribution in [2.24, 2.45) is 17.3 Å². The summed E-state index contributed by atoms with van der Waals surface area (Å²) in [6.07, 6.45) is 12.2. The van der Waals surface area contributed by atoms with Gasteiger partial charge in [-0.1, -0.05) is 44.4 Å². The Morgan fingerprint density at radius 3 is 2.41 bits per heavy atom. The number of piperazine rings is 1. The van der Waals surface area contributed by atoms with Crippen molar-refractivity contribution >= 4 is 46.2 Å². The van der Waals surface area contributed by atoms with Gasteiger partial charge in [-0.25, -0.2) is 14.6 Å². The molecule has 16 heteroatoms. The average Bonchev–Trinajstić information content (AvgIpc) is 4.15. The molecular weight excluding hydrogens is 1010 g/mol. The number of aliphatic hydroxyl groups is 1. The van der Waals surface area contributed by atoms with Crippen molar-refractivity contribution in [1.82, 2.24) is 24.3 Å². The van der Waals surface area contributed by atoms with Crippen LogP contribution in [0, 0.1) is 17.3 Å². The Morgan fingerprint density at radius 2 is 1.69 bits per heavy atom. The molecule has 9 aliphatic rings. The summed E-state index contributed by atoms with van der Waals surface area (Å²) >= 11 is 0. The molecule has 5 fully saturated rings. The van der Waals surface area contributed by atoms with Gasteiger partial charge in [-0.3, -0.25) is 29.0 Å². The number of piperidine rings is 1. The van der Waals surface area contributed by atoms with Gasteiger partial charge >= 0.3 is 18.0 Å². The van der Waals surface area contributed by atoms with Gasteiger partial charge in [0.25, 0.3) is 5.56 Å². The number of benzene rings is 2. The Bertz CT molecular complexity index is 3370. The molecule has 2 aromatic heterocycles. The van der Waals surface area contributed by atoms with Crippen LogP contribution >= 0.6 is 0 Å². The second-order valence-corrected chi connectivity index (χ2v) is 25.0. The number of hydrogen-bond acceptors (Lipinski definition) is 14. The van der Waals surface area contributed by atoms with Crippen LogP contribution in [0.4, 0.5) is 10.5 Å². The van der Waals surface area contributed by atoms with E-state index in [0.29, 0.717) is 48.5 Å². The van der Waals surface area contributed by atoms with Crippen molar-refractivity contribution < 1.29 is 43.3 Å². The van der Waals surface area contributed by atoms with E-state index >= 15 is 0 Å². The van der Waals surface area contributed by atoms with Gasteiger partial charge in [0, 0.05) is 85.7 Å². The van der Waals surface area contributed by atoms with Gasteiger partial charge in [-0.05, 0) is 163 Å². The first-order chi connectivity index (χ1) is 38.3. The van der Waals surface area contributed by atoms with Gasteiger partial charge < -0.3 is 33.7 Å². The number of carbonyl (C=O) groups excluding carboxylic acids is 5. The number of fused-ring (bicyclic) bond motifs is 11. The van der Waals surface area contributed by atoms with E-state index in [0.717, 1.165) is 106 Å². The van der Waals surface area contributed by atoms with Gasteiger partial charge in [-0.15, -0.1) is 0 Å². The Kier molecular flexibility index (Phi) is 13.9. The molecule has 7 heterocycles. The number of unbranched alkanes of at least 4 members (excludes halogenated alkanes) is 3. The maximum atomic E-state index is 14.0. The molecule has 4 aliphatic carbocycles. The predicted octanol–water partition coefficient (Wildman–Crippen LogP) is 8.89. The fourth-order valence-electron chi connectivity index (χ4n) is 16.1. The number of carbonyl (C=O) groups is 5. The zero-order valence-corrected chi connectivity index (χ0v) is 47.5. The number of nitrogens with zero attached hydrogens (tertiary/aromatic N) is 6. The number of hydrogen-bond donors (Lipinski definition) is 1. The van der Waals surface area contributed by atoms with Crippen LogP contribution in [0.15, 0.2) is 76.1 Å². The number of allylic oxidation sites excluding steroid dienone is 4. The molecule has 2 aromatic carbocycles. The Morgan fingerprint density at radius 1 is 0.925 bits per heavy atom. The standard InChI is InChI=1S/C64H76N6O10/c1-8-63(77)53-30-55-58-41(32-69(55)59(74)51(53)36-78-60(63)75)28-48-50(35-66(5)6)56(22-21-54(48)65-58)79-61(76)70-43-29-44(70)34-68(33-43)26-12-10-9-11-25-67(7)42-16-13-39(14-17-42)49-31-62(4)52(23-24-64(62,37(2)71)80-38(3)72)47-19-15-40-27-45(73)18-20-46(40)57(47)49/h13-14,16-17,21-22,27-28,30,43-44,47,49,52,77H,8-12,15,18-20,23-26,29,31-36H2,1-7H3/t43?,44?,47-,49+,52-,62-,63-,64-/m0/s1.